The van der Waals surface area contributed by atoms with Crippen LogP contribution in [0.3, 0.4) is 0 Å². The summed E-state index contributed by atoms with van der Waals surface area (Å²) in [6.45, 7) is 6.54. The van der Waals surface area contributed by atoms with E-state index in [9.17, 15) is 12.8 Å². The summed E-state index contributed by atoms with van der Waals surface area (Å²) in [5.74, 6) is -0.578. The van der Waals surface area contributed by atoms with E-state index in [4.69, 9.17) is 5.73 Å². The van der Waals surface area contributed by atoms with Gasteiger partial charge in [-0.1, -0.05) is 6.92 Å². The van der Waals surface area contributed by atoms with Crippen molar-refractivity contribution in [3.8, 4) is 0 Å². The molecule has 0 heterocycles. The van der Waals surface area contributed by atoms with Crippen LogP contribution in [0.25, 0.3) is 0 Å². The van der Waals surface area contributed by atoms with Gasteiger partial charge in [0.1, 0.15) is 5.82 Å². The van der Waals surface area contributed by atoms with Crippen LogP contribution in [0.1, 0.15) is 25.8 Å². The average Bonchev–Trinajstić information content (AvgIpc) is 2.42. The number of hydrogen-bond donors (Lipinski definition) is 2. The van der Waals surface area contributed by atoms with Crippen LogP contribution in [0, 0.1) is 12.7 Å². The van der Waals surface area contributed by atoms with Crippen molar-refractivity contribution < 1.29 is 12.8 Å². The Morgan fingerprint density at radius 1 is 1.43 bits per heavy atom. The van der Waals surface area contributed by atoms with Gasteiger partial charge in [0.2, 0.25) is 10.0 Å². The first-order valence-electron chi connectivity index (χ1n) is 6.94. The van der Waals surface area contributed by atoms with Crippen LogP contribution < -0.4 is 10.5 Å². The van der Waals surface area contributed by atoms with E-state index in [1.807, 2.05) is 7.05 Å². The van der Waals surface area contributed by atoms with Gasteiger partial charge in [-0.05, 0) is 45.0 Å². The van der Waals surface area contributed by atoms with Gasteiger partial charge in [0.05, 0.1) is 10.6 Å². The van der Waals surface area contributed by atoms with Crippen molar-refractivity contribution in [1.82, 2.24) is 9.62 Å². The fraction of sp³-hybridized carbons (Fsp3) is 0.571. The molecule has 1 rings (SSSR count). The maximum absolute atomic E-state index is 13.4. The molecule has 3 N–H and O–H groups in total. The van der Waals surface area contributed by atoms with Crippen LogP contribution in [0.2, 0.25) is 0 Å². The van der Waals surface area contributed by atoms with Crippen LogP contribution in [0.15, 0.2) is 17.0 Å². The lowest BCUT2D eigenvalue weighted by atomic mass is 10.2. The third kappa shape index (κ3) is 4.66. The Morgan fingerprint density at radius 2 is 2.05 bits per heavy atom. The van der Waals surface area contributed by atoms with E-state index in [-0.39, 0.29) is 16.1 Å². The van der Waals surface area contributed by atoms with E-state index in [2.05, 4.69) is 23.5 Å². The van der Waals surface area contributed by atoms with Crippen molar-refractivity contribution in [2.45, 2.75) is 38.1 Å². The van der Waals surface area contributed by atoms with Crippen molar-refractivity contribution >= 4 is 15.7 Å². The van der Waals surface area contributed by atoms with E-state index < -0.39 is 15.8 Å². The molecule has 0 fully saturated rings. The van der Waals surface area contributed by atoms with E-state index in [1.54, 1.807) is 0 Å². The number of nitrogens with one attached hydrogen (secondary N) is 1. The minimum atomic E-state index is -3.67. The Labute approximate surface area is 126 Å². The van der Waals surface area contributed by atoms with E-state index in [1.165, 1.54) is 13.0 Å². The quantitative estimate of drug-likeness (QED) is 0.751. The van der Waals surface area contributed by atoms with Crippen molar-refractivity contribution in [1.29, 1.82) is 0 Å². The summed E-state index contributed by atoms with van der Waals surface area (Å²) in [5, 5.41) is 0. The fourth-order valence-electron chi connectivity index (χ4n) is 1.89. The van der Waals surface area contributed by atoms with Crippen LogP contribution in [-0.4, -0.2) is 39.5 Å². The number of likely N-dealkylation sites (N-methyl/N-ethyl adjacent to an activating group) is 1. The number of benzene rings is 1. The third-order valence-corrected chi connectivity index (χ3v) is 5.11. The highest BCUT2D eigenvalue weighted by Gasteiger charge is 2.17. The molecule has 5 nitrogen and oxygen atoms in total. The predicted molar refractivity (Wildman–Crippen MR) is 83.1 cm³/mol. The number of hydrogen-bond acceptors (Lipinski definition) is 4. The molecule has 120 valence electrons. The Hall–Kier alpha value is -1.18. The first-order valence-corrected chi connectivity index (χ1v) is 8.43. The molecule has 1 unspecified atom stereocenters. The summed E-state index contributed by atoms with van der Waals surface area (Å²) in [4.78, 5) is 2.07. The highest BCUT2D eigenvalue weighted by molar-refractivity contribution is 7.89. The number of rotatable bonds is 7. The molecule has 0 aliphatic heterocycles. The second kappa shape index (κ2) is 7.20. The summed E-state index contributed by atoms with van der Waals surface area (Å²) < 4.78 is 40.3. The fourth-order valence-corrected chi connectivity index (χ4v) is 3.03. The summed E-state index contributed by atoms with van der Waals surface area (Å²) >= 11 is 0. The topological polar surface area (TPSA) is 75.4 Å². The molecule has 0 saturated heterocycles. The van der Waals surface area contributed by atoms with E-state index in [0.29, 0.717) is 19.1 Å². The molecule has 0 radical (unpaired) electrons. The van der Waals surface area contributed by atoms with Crippen molar-refractivity contribution in [2.24, 2.45) is 0 Å². The summed E-state index contributed by atoms with van der Waals surface area (Å²) in [6.07, 6.45) is 0.997. The standard InChI is InChI=1S/C14H24FN3O2S/c1-5-11(3)18(4)7-6-17-21(19,20)12-8-10(2)14(15)13(16)9-12/h8-9,11,17H,5-7,16H2,1-4H3. The van der Waals surface area contributed by atoms with Gasteiger partial charge in [-0.3, -0.25) is 0 Å². The van der Waals surface area contributed by atoms with Crippen LogP contribution in [-0.2, 0) is 10.0 Å². The average molecular weight is 317 g/mol. The number of anilines is 1. The molecule has 0 saturated carbocycles. The van der Waals surface area contributed by atoms with Crippen molar-refractivity contribution in [3.05, 3.63) is 23.5 Å². The van der Waals surface area contributed by atoms with Gasteiger partial charge in [-0.25, -0.2) is 17.5 Å². The molecule has 21 heavy (non-hydrogen) atoms. The zero-order valence-electron chi connectivity index (χ0n) is 13.0. The number of nitrogens with two attached hydrogens (primary N) is 1. The lowest BCUT2D eigenvalue weighted by molar-refractivity contribution is 0.256. The largest absolute Gasteiger partial charge is 0.396 e. The minimum absolute atomic E-state index is 0.00917. The summed E-state index contributed by atoms with van der Waals surface area (Å²) in [5.41, 5.74) is 5.53. The molecule has 0 amide bonds. The SMILES string of the molecule is CCC(C)N(C)CCNS(=O)(=O)c1cc(C)c(F)c(N)c1. The van der Waals surface area contributed by atoms with Gasteiger partial charge in [-0.2, -0.15) is 0 Å². The molecule has 0 aromatic heterocycles. The minimum Gasteiger partial charge on any atom is -0.396 e. The Bertz CT molecular complexity index is 567. The number of aryl methyl sites for hydroxylation is 1. The Kier molecular flexibility index (Phi) is 6.12. The molecule has 0 aliphatic carbocycles. The molecule has 0 aliphatic rings. The molecule has 1 atom stereocenters. The first-order chi connectivity index (χ1) is 9.69. The van der Waals surface area contributed by atoms with Gasteiger partial charge in [-0.15, -0.1) is 0 Å². The Morgan fingerprint density at radius 3 is 2.57 bits per heavy atom. The molecular formula is C14H24FN3O2S. The third-order valence-electron chi connectivity index (χ3n) is 3.67. The molecule has 1 aromatic carbocycles. The smallest absolute Gasteiger partial charge is 0.240 e. The maximum atomic E-state index is 13.4. The second-order valence-electron chi connectivity index (χ2n) is 5.28. The van der Waals surface area contributed by atoms with Crippen LogP contribution >= 0.6 is 0 Å². The number of halogens is 1. The maximum Gasteiger partial charge on any atom is 0.240 e. The predicted octanol–water partition coefficient (Wildman–Crippen LogP) is 1.72. The van der Waals surface area contributed by atoms with Gasteiger partial charge in [0.15, 0.2) is 0 Å². The molecule has 1 aromatic rings. The molecule has 7 heteroatoms. The molecule has 0 bridgehead atoms. The first kappa shape index (κ1) is 17.9. The number of nitrogen functional groups attached to an aromatic ring is 1. The normalized spacial score (nSPS) is 13.6. The van der Waals surface area contributed by atoms with E-state index >= 15 is 0 Å². The lowest BCUT2D eigenvalue weighted by Crippen LogP contribution is -2.37. The van der Waals surface area contributed by atoms with Gasteiger partial charge in [0, 0.05) is 19.1 Å². The summed E-state index contributed by atoms with van der Waals surface area (Å²) in [6, 6.07) is 2.81. The highest BCUT2D eigenvalue weighted by atomic mass is 32.2. The zero-order chi connectivity index (χ0) is 16.2. The van der Waals surface area contributed by atoms with Gasteiger partial charge < -0.3 is 10.6 Å². The number of nitrogens with zero attached hydrogens (tertiary/aromatic N) is 1. The second-order valence-corrected chi connectivity index (χ2v) is 7.05. The van der Waals surface area contributed by atoms with E-state index in [0.717, 1.165) is 12.5 Å². The Balaban J connectivity index is 2.75. The van der Waals surface area contributed by atoms with Gasteiger partial charge in [0.25, 0.3) is 0 Å². The number of sulfonamides is 1. The lowest BCUT2D eigenvalue weighted by Gasteiger charge is -2.23. The summed E-state index contributed by atoms with van der Waals surface area (Å²) in [7, 11) is -1.73. The molecule has 0 spiro atoms. The van der Waals surface area contributed by atoms with Crippen LogP contribution in [0.5, 0.6) is 0 Å². The van der Waals surface area contributed by atoms with Crippen molar-refractivity contribution in [2.75, 3.05) is 25.9 Å². The monoisotopic (exact) mass is 317 g/mol. The zero-order valence-corrected chi connectivity index (χ0v) is 13.8. The highest BCUT2D eigenvalue weighted by Crippen LogP contribution is 2.20. The molecular weight excluding hydrogens is 293 g/mol. The van der Waals surface area contributed by atoms with Crippen LogP contribution in [0.4, 0.5) is 10.1 Å². The van der Waals surface area contributed by atoms with Gasteiger partial charge >= 0.3 is 0 Å². The van der Waals surface area contributed by atoms with Crippen molar-refractivity contribution in [3.63, 3.8) is 0 Å².